The van der Waals surface area contributed by atoms with E-state index in [1.165, 1.54) is 0 Å². The van der Waals surface area contributed by atoms with Crippen LogP contribution in [0, 0.1) is 11.3 Å². The second-order valence-corrected chi connectivity index (χ2v) is 5.47. The minimum absolute atomic E-state index is 0.0760. The van der Waals surface area contributed by atoms with Crippen molar-refractivity contribution in [2.45, 2.75) is 57.7 Å². The van der Waals surface area contributed by atoms with Gasteiger partial charge in [-0.1, -0.05) is 0 Å². The van der Waals surface area contributed by atoms with Gasteiger partial charge in [-0.15, -0.1) is 0 Å². The van der Waals surface area contributed by atoms with E-state index in [1.54, 1.807) is 4.90 Å². The highest BCUT2D eigenvalue weighted by atomic mass is 16.6. The van der Waals surface area contributed by atoms with Gasteiger partial charge in [0.05, 0.1) is 12.5 Å². The van der Waals surface area contributed by atoms with Crippen LogP contribution in [0.3, 0.4) is 0 Å². The summed E-state index contributed by atoms with van der Waals surface area (Å²) in [4.78, 5) is 13.6. The maximum Gasteiger partial charge on any atom is 0.410 e. The molecule has 5 nitrogen and oxygen atoms in total. The standard InChI is InChI=1S/C12H21N3O2/c1-12(2,3)17-11(16)15-7-5-9(14)8-10(15)4-6-13/h9-10H,4-5,7-8,14H2,1-3H3/t9-,10+/m0/s1. The van der Waals surface area contributed by atoms with Crippen LogP contribution in [0.2, 0.25) is 0 Å². The highest BCUT2D eigenvalue weighted by molar-refractivity contribution is 5.68. The van der Waals surface area contributed by atoms with E-state index in [-0.39, 0.29) is 18.2 Å². The first-order valence-corrected chi connectivity index (χ1v) is 5.95. The lowest BCUT2D eigenvalue weighted by Crippen LogP contribution is -2.50. The zero-order valence-corrected chi connectivity index (χ0v) is 10.8. The molecule has 0 aromatic carbocycles. The summed E-state index contributed by atoms with van der Waals surface area (Å²) in [6.45, 7) is 6.07. The maximum atomic E-state index is 12.0. The van der Waals surface area contributed by atoms with Crippen LogP contribution in [0.15, 0.2) is 0 Å². The third-order valence-corrected chi connectivity index (χ3v) is 2.71. The fraction of sp³-hybridized carbons (Fsp3) is 0.833. The number of nitriles is 1. The molecule has 2 N–H and O–H groups in total. The van der Waals surface area contributed by atoms with Crippen molar-refractivity contribution in [3.05, 3.63) is 0 Å². The highest BCUT2D eigenvalue weighted by Gasteiger charge is 2.32. The van der Waals surface area contributed by atoms with Crippen molar-refractivity contribution in [3.63, 3.8) is 0 Å². The van der Waals surface area contributed by atoms with Gasteiger partial charge in [0.15, 0.2) is 0 Å². The highest BCUT2D eigenvalue weighted by Crippen LogP contribution is 2.21. The van der Waals surface area contributed by atoms with Gasteiger partial charge in [0.2, 0.25) is 0 Å². The van der Waals surface area contributed by atoms with Crippen LogP contribution in [-0.4, -0.2) is 35.2 Å². The molecular weight excluding hydrogens is 218 g/mol. The summed E-state index contributed by atoms with van der Waals surface area (Å²) in [5, 5.41) is 8.77. The molecule has 0 saturated carbocycles. The topological polar surface area (TPSA) is 79.3 Å². The summed E-state index contributed by atoms with van der Waals surface area (Å²) in [6.07, 6.45) is 1.41. The molecule has 1 rings (SSSR count). The molecule has 17 heavy (non-hydrogen) atoms. The Morgan fingerprint density at radius 2 is 2.24 bits per heavy atom. The molecule has 1 fully saturated rings. The second kappa shape index (κ2) is 5.37. The van der Waals surface area contributed by atoms with Crippen LogP contribution in [0.1, 0.15) is 40.0 Å². The summed E-state index contributed by atoms with van der Waals surface area (Å²) < 4.78 is 5.33. The first-order chi connectivity index (χ1) is 7.83. The van der Waals surface area contributed by atoms with Crippen molar-refractivity contribution >= 4 is 6.09 Å². The first kappa shape index (κ1) is 13.8. The van der Waals surface area contributed by atoms with E-state index in [1.807, 2.05) is 20.8 Å². The predicted octanol–water partition coefficient (Wildman–Crippen LogP) is 1.63. The summed E-state index contributed by atoms with van der Waals surface area (Å²) >= 11 is 0. The molecule has 1 aliphatic heterocycles. The van der Waals surface area contributed by atoms with Crippen molar-refractivity contribution in [2.75, 3.05) is 6.54 Å². The minimum atomic E-state index is -0.506. The van der Waals surface area contributed by atoms with Crippen molar-refractivity contribution in [1.82, 2.24) is 4.90 Å². The Morgan fingerprint density at radius 1 is 1.59 bits per heavy atom. The van der Waals surface area contributed by atoms with Gasteiger partial charge >= 0.3 is 6.09 Å². The molecule has 5 heteroatoms. The molecule has 1 aliphatic rings. The Hall–Kier alpha value is -1.28. The number of hydrogen-bond acceptors (Lipinski definition) is 4. The first-order valence-electron chi connectivity index (χ1n) is 5.95. The van der Waals surface area contributed by atoms with Crippen molar-refractivity contribution in [3.8, 4) is 6.07 Å². The van der Waals surface area contributed by atoms with Crippen molar-refractivity contribution in [1.29, 1.82) is 5.26 Å². The molecular formula is C12H21N3O2. The maximum absolute atomic E-state index is 12.0. The molecule has 0 aromatic rings. The van der Waals surface area contributed by atoms with E-state index >= 15 is 0 Å². The van der Waals surface area contributed by atoms with Crippen LogP contribution in [0.4, 0.5) is 4.79 Å². The molecule has 96 valence electrons. The summed E-state index contributed by atoms with van der Waals surface area (Å²) in [5.74, 6) is 0. The fourth-order valence-electron chi connectivity index (χ4n) is 1.94. The van der Waals surface area contributed by atoms with Gasteiger partial charge in [-0.25, -0.2) is 4.79 Å². The SMILES string of the molecule is CC(C)(C)OC(=O)N1CC[C@H](N)C[C@H]1CC#N. The van der Waals surface area contributed by atoms with E-state index < -0.39 is 5.60 Å². The smallest absolute Gasteiger partial charge is 0.410 e. The van der Waals surface area contributed by atoms with E-state index in [9.17, 15) is 4.79 Å². The van der Waals surface area contributed by atoms with E-state index in [4.69, 9.17) is 15.7 Å². The Kier molecular flexibility index (Phi) is 4.35. The van der Waals surface area contributed by atoms with E-state index in [2.05, 4.69) is 6.07 Å². The van der Waals surface area contributed by atoms with E-state index in [0.29, 0.717) is 19.4 Å². The summed E-state index contributed by atoms with van der Waals surface area (Å²) in [7, 11) is 0. The number of nitrogens with zero attached hydrogens (tertiary/aromatic N) is 2. The van der Waals surface area contributed by atoms with Gasteiger partial charge in [0.25, 0.3) is 0 Å². The fourth-order valence-corrected chi connectivity index (χ4v) is 1.94. The van der Waals surface area contributed by atoms with Crippen LogP contribution in [0.25, 0.3) is 0 Å². The van der Waals surface area contributed by atoms with Gasteiger partial charge in [-0.2, -0.15) is 5.26 Å². The Labute approximate surface area is 103 Å². The number of hydrogen-bond donors (Lipinski definition) is 1. The monoisotopic (exact) mass is 239 g/mol. The average Bonchev–Trinajstić information content (AvgIpc) is 2.15. The lowest BCUT2D eigenvalue weighted by Gasteiger charge is -2.38. The Bertz CT molecular complexity index is 317. The summed E-state index contributed by atoms with van der Waals surface area (Å²) in [6, 6.07) is 2.06. The second-order valence-electron chi connectivity index (χ2n) is 5.47. The van der Waals surface area contributed by atoms with Gasteiger partial charge in [-0.3, -0.25) is 0 Å². The van der Waals surface area contributed by atoms with Gasteiger partial charge in [-0.05, 0) is 33.6 Å². The van der Waals surface area contributed by atoms with Crippen LogP contribution in [0.5, 0.6) is 0 Å². The van der Waals surface area contributed by atoms with Crippen LogP contribution in [-0.2, 0) is 4.74 Å². The van der Waals surface area contributed by atoms with Crippen LogP contribution < -0.4 is 5.73 Å². The number of carbonyl (C=O) groups is 1. The number of ether oxygens (including phenoxy) is 1. The van der Waals surface area contributed by atoms with Gasteiger partial charge in [0.1, 0.15) is 5.60 Å². The number of likely N-dealkylation sites (tertiary alicyclic amines) is 1. The lowest BCUT2D eigenvalue weighted by molar-refractivity contribution is 0.00896. The molecule has 0 radical (unpaired) electrons. The normalized spacial score (nSPS) is 25.2. The zero-order chi connectivity index (χ0) is 13.1. The van der Waals surface area contributed by atoms with E-state index in [0.717, 1.165) is 6.42 Å². The number of amides is 1. The predicted molar refractivity (Wildman–Crippen MR) is 64.2 cm³/mol. The average molecular weight is 239 g/mol. The third kappa shape index (κ3) is 4.23. The number of piperidine rings is 1. The molecule has 1 heterocycles. The Morgan fingerprint density at radius 3 is 2.76 bits per heavy atom. The van der Waals surface area contributed by atoms with Gasteiger partial charge < -0.3 is 15.4 Å². The molecule has 0 aliphatic carbocycles. The number of nitrogens with two attached hydrogens (primary N) is 1. The minimum Gasteiger partial charge on any atom is -0.444 e. The summed E-state index contributed by atoms with van der Waals surface area (Å²) in [5.41, 5.74) is 5.35. The largest absolute Gasteiger partial charge is 0.444 e. The molecule has 1 amide bonds. The lowest BCUT2D eigenvalue weighted by atomic mass is 9.96. The quantitative estimate of drug-likeness (QED) is 0.754. The third-order valence-electron chi connectivity index (χ3n) is 2.71. The van der Waals surface area contributed by atoms with Crippen molar-refractivity contribution < 1.29 is 9.53 Å². The molecule has 0 spiro atoms. The van der Waals surface area contributed by atoms with Crippen molar-refractivity contribution in [2.24, 2.45) is 5.73 Å². The Balaban J connectivity index is 2.66. The molecule has 0 aromatic heterocycles. The van der Waals surface area contributed by atoms with Gasteiger partial charge in [0, 0.05) is 18.6 Å². The zero-order valence-electron chi connectivity index (χ0n) is 10.8. The van der Waals surface area contributed by atoms with Crippen LogP contribution >= 0.6 is 0 Å². The molecule has 0 unspecified atom stereocenters. The molecule has 2 atom stereocenters. The number of rotatable bonds is 1. The molecule has 0 bridgehead atoms. The number of carbonyl (C=O) groups excluding carboxylic acids is 1. The molecule has 1 saturated heterocycles.